The fraction of sp³-hybridized carbons (Fsp3) is 0.143. The predicted molar refractivity (Wildman–Crippen MR) is 74.2 cm³/mol. The van der Waals surface area contributed by atoms with Gasteiger partial charge in [-0.1, -0.05) is 23.2 Å². The van der Waals surface area contributed by atoms with Crippen LogP contribution in [0.2, 0.25) is 0 Å². The monoisotopic (exact) mass is 321 g/mol. The van der Waals surface area contributed by atoms with Gasteiger partial charge >= 0.3 is 6.18 Å². The van der Waals surface area contributed by atoms with Crippen LogP contribution in [-0.2, 0) is 18.8 Å². The number of nitriles is 2. The number of nitrogens with one attached hydrogen (secondary N) is 1. The van der Waals surface area contributed by atoms with Crippen LogP contribution in [0.1, 0.15) is 17.0 Å². The highest BCUT2D eigenvalue weighted by Gasteiger charge is 2.38. The third-order valence-corrected chi connectivity index (χ3v) is 3.50. The summed E-state index contributed by atoms with van der Waals surface area (Å²) in [6, 6.07) is 8.26. The van der Waals surface area contributed by atoms with Gasteiger partial charge in [0.2, 0.25) is 0 Å². The van der Waals surface area contributed by atoms with Crippen molar-refractivity contribution in [2.24, 2.45) is 5.73 Å². The summed E-state index contributed by atoms with van der Waals surface area (Å²) in [4.78, 5) is 0. The fourth-order valence-corrected chi connectivity index (χ4v) is 2.52. The summed E-state index contributed by atoms with van der Waals surface area (Å²) < 4.78 is 39.6. The average molecular weight is 321 g/mol. The summed E-state index contributed by atoms with van der Waals surface area (Å²) in [7, 11) is 0. The van der Waals surface area contributed by atoms with Gasteiger partial charge in [0.1, 0.15) is 5.82 Å². The van der Waals surface area contributed by atoms with Gasteiger partial charge in [-0.25, -0.2) is 0 Å². The Bertz CT molecular complexity index is 730. The fourth-order valence-electron chi connectivity index (χ4n) is 2.25. The number of nitrogens with two attached hydrogens (primary N) is 1. The van der Waals surface area contributed by atoms with Crippen molar-refractivity contribution in [2.45, 2.75) is 12.1 Å². The zero-order valence-electron chi connectivity index (χ0n) is 10.9. The molecule has 3 N–H and O–H groups in total. The Hall–Kier alpha value is -2.71. The minimum Gasteiger partial charge on any atom is -0.761 e. The highest BCUT2D eigenvalue weighted by molar-refractivity contribution is 7.63. The molecule has 0 amide bonds. The summed E-state index contributed by atoms with van der Waals surface area (Å²) in [5.74, 6) is -1.38. The van der Waals surface area contributed by atoms with Crippen LogP contribution in [0.25, 0.3) is 0 Å². The van der Waals surface area contributed by atoms with E-state index in [9.17, 15) is 23.7 Å². The van der Waals surface area contributed by atoms with E-state index in [0.29, 0.717) is 0 Å². The maximum Gasteiger partial charge on any atom is 0.416 e. The lowest BCUT2D eigenvalue weighted by Crippen LogP contribution is -2.30. The van der Waals surface area contributed by atoms with Gasteiger partial charge in [-0.2, -0.15) is 23.7 Å². The number of nitrogens with zero attached hydrogens (tertiary/aromatic N) is 2. The molecule has 1 aromatic carbocycles. The number of hydrogen-bond donors (Lipinski definition) is 2. The van der Waals surface area contributed by atoms with E-state index in [-0.39, 0.29) is 27.6 Å². The zero-order valence-corrected chi connectivity index (χ0v) is 11.7. The third-order valence-electron chi connectivity index (χ3n) is 3.18. The van der Waals surface area contributed by atoms with Crippen LogP contribution < -0.4 is 11.1 Å². The molecule has 1 heterocycles. The van der Waals surface area contributed by atoms with Crippen molar-refractivity contribution in [1.82, 2.24) is 5.32 Å². The SMILES string of the molecule is N#CC1=C(N)NC([S-])=C(C#N)C1c1ccccc1C(F)(F)F. The molecule has 0 spiro atoms. The van der Waals surface area contributed by atoms with Crippen molar-refractivity contribution in [2.75, 3.05) is 0 Å². The molecule has 8 heteroatoms. The molecule has 2 rings (SSSR count). The first-order chi connectivity index (χ1) is 10.3. The first-order valence-corrected chi connectivity index (χ1v) is 6.36. The van der Waals surface area contributed by atoms with E-state index >= 15 is 0 Å². The van der Waals surface area contributed by atoms with Gasteiger partial charge in [0.25, 0.3) is 0 Å². The van der Waals surface area contributed by atoms with E-state index in [0.717, 1.165) is 6.07 Å². The molecule has 112 valence electrons. The molecule has 0 fully saturated rings. The van der Waals surface area contributed by atoms with Gasteiger partial charge < -0.3 is 23.7 Å². The molecule has 22 heavy (non-hydrogen) atoms. The number of dihydropyridines is 1. The Labute approximate surface area is 129 Å². The number of rotatable bonds is 1. The van der Waals surface area contributed by atoms with Crippen LogP contribution in [0.5, 0.6) is 0 Å². The molecule has 0 aromatic heterocycles. The Morgan fingerprint density at radius 1 is 1.14 bits per heavy atom. The normalized spacial score (nSPS) is 18.5. The standard InChI is InChI=1S/C14H9F3N4S/c15-14(16,17)10-4-2-1-3-7(10)11-8(5-18)12(20)21-13(22)9(11)6-19/h1-4,11,21-22H,20H2/p-1. The smallest absolute Gasteiger partial charge is 0.416 e. The van der Waals surface area contributed by atoms with Gasteiger partial charge in [0.15, 0.2) is 0 Å². The Morgan fingerprint density at radius 3 is 2.27 bits per heavy atom. The predicted octanol–water partition coefficient (Wildman–Crippen LogP) is 2.37. The van der Waals surface area contributed by atoms with E-state index < -0.39 is 17.7 Å². The summed E-state index contributed by atoms with van der Waals surface area (Å²) in [6.07, 6.45) is -4.63. The van der Waals surface area contributed by atoms with Gasteiger partial charge in [-0.3, -0.25) is 0 Å². The minimum atomic E-state index is -4.63. The van der Waals surface area contributed by atoms with Crippen LogP contribution in [0.15, 0.2) is 46.3 Å². The van der Waals surface area contributed by atoms with Crippen molar-refractivity contribution in [3.63, 3.8) is 0 Å². The van der Waals surface area contributed by atoms with E-state index in [1.165, 1.54) is 18.2 Å². The molecule has 0 radical (unpaired) electrons. The Balaban J connectivity index is 2.76. The van der Waals surface area contributed by atoms with Crippen molar-refractivity contribution in [1.29, 1.82) is 10.5 Å². The molecular weight excluding hydrogens is 313 g/mol. The quantitative estimate of drug-likeness (QED) is 0.776. The Morgan fingerprint density at radius 2 is 1.73 bits per heavy atom. The first kappa shape index (κ1) is 15.7. The number of benzene rings is 1. The van der Waals surface area contributed by atoms with E-state index in [2.05, 4.69) is 5.32 Å². The van der Waals surface area contributed by atoms with Crippen molar-refractivity contribution >= 4 is 12.6 Å². The molecule has 1 aromatic rings. The molecule has 0 saturated carbocycles. The topological polar surface area (TPSA) is 85.6 Å². The second-order valence-electron chi connectivity index (χ2n) is 4.44. The van der Waals surface area contributed by atoms with Crippen LogP contribution in [-0.4, -0.2) is 0 Å². The van der Waals surface area contributed by atoms with Gasteiger partial charge in [-0.05, 0) is 11.6 Å². The van der Waals surface area contributed by atoms with Crippen molar-refractivity contribution < 1.29 is 13.2 Å². The number of alkyl halides is 3. The first-order valence-electron chi connectivity index (χ1n) is 5.95. The largest absolute Gasteiger partial charge is 0.761 e. The van der Waals surface area contributed by atoms with Crippen LogP contribution in [0.4, 0.5) is 13.2 Å². The van der Waals surface area contributed by atoms with Crippen LogP contribution in [0, 0.1) is 22.7 Å². The molecule has 0 aliphatic carbocycles. The number of halogens is 3. The van der Waals surface area contributed by atoms with Crippen molar-refractivity contribution in [3.05, 3.63) is 57.4 Å². The summed E-state index contributed by atoms with van der Waals surface area (Å²) in [5.41, 5.74) is 4.17. The van der Waals surface area contributed by atoms with Gasteiger partial charge in [0, 0.05) is 5.57 Å². The van der Waals surface area contributed by atoms with E-state index in [4.69, 9.17) is 18.4 Å². The van der Waals surface area contributed by atoms with E-state index in [1.54, 1.807) is 12.1 Å². The molecule has 1 aliphatic heterocycles. The summed E-state index contributed by atoms with van der Waals surface area (Å²) in [6.45, 7) is 0. The molecule has 1 atom stereocenters. The number of allylic oxidation sites excluding steroid dienone is 2. The third kappa shape index (κ3) is 2.57. The van der Waals surface area contributed by atoms with Gasteiger partial charge in [0.05, 0.1) is 29.2 Å². The molecular formula is C14H8F3N4S-. The minimum absolute atomic E-state index is 0.0824. The van der Waals surface area contributed by atoms with Crippen LogP contribution in [0.3, 0.4) is 0 Å². The van der Waals surface area contributed by atoms with Crippen molar-refractivity contribution in [3.8, 4) is 12.1 Å². The highest BCUT2D eigenvalue weighted by atomic mass is 32.1. The molecule has 0 bridgehead atoms. The lowest BCUT2D eigenvalue weighted by Gasteiger charge is -2.31. The highest BCUT2D eigenvalue weighted by Crippen LogP contribution is 2.42. The maximum atomic E-state index is 13.2. The molecule has 4 nitrogen and oxygen atoms in total. The average Bonchev–Trinajstić information content (AvgIpc) is 2.45. The lowest BCUT2D eigenvalue weighted by atomic mass is 9.82. The summed E-state index contributed by atoms with van der Waals surface area (Å²) in [5, 5.41) is 20.8. The Kier molecular flexibility index (Phi) is 3.98. The zero-order chi connectivity index (χ0) is 16.5. The second-order valence-corrected chi connectivity index (χ2v) is 4.85. The number of hydrogen-bond acceptors (Lipinski definition) is 5. The lowest BCUT2D eigenvalue weighted by molar-refractivity contribution is -0.138. The van der Waals surface area contributed by atoms with E-state index in [1.807, 2.05) is 0 Å². The maximum absolute atomic E-state index is 13.2. The molecule has 0 saturated heterocycles. The second kappa shape index (κ2) is 5.58. The summed E-state index contributed by atoms with van der Waals surface area (Å²) >= 11 is 4.94. The molecule has 1 unspecified atom stereocenters. The van der Waals surface area contributed by atoms with Crippen LogP contribution >= 0.6 is 0 Å². The van der Waals surface area contributed by atoms with Gasteiger partial charge in [-0.15, -0.1) is 0 Å². The molecule has 1 aliphatic rings.